The van der Waals surface area contributed by atoms with Gasteiger partial charge < -0.3 is 14.2 Å². The number of Topliss-reactive ketones (excluding diaryl/α,β-unsaturated/α-hetero) is 1. The summed E-state index contributed by atoms with van der Waals surface area (Å²) in [6.45, 7) is 2.38. The molecule has 0 atom stereocenters. The van der Waals surface area contributed by atoms with Gasteiger partial charge in [-0.3, -0.25) is 4.79 Å². The van der Waals surface area contributed by atoms with Gasteiger partial charge in [0.2, 0.25) is 5.78 Å². The van der Waals surface area contributed by atoms with Gasteiger partial charge in [-0.05, 0) is 55.5 Å². The fraction of sp³-hybridized carbons (Fsp3) is 0.0833. The molecule has 3 aromatic carbocycles. The van der Waals surface area contributed by atoms with Gasteiger partial charge in [-0.15, -0.1) is 0 Å². The van der Waals surface area contributed by atoms with Crippen molar-refractivity contribution in [2.45, 2.75) is 6.92 Å². The maximum absolute atomic E-state index is 13.0. The smallest absolute Gasteiger partial charge is 0.343 e. The summed E-state index contributed by atoms with van der Waals surface area (Å²) >= 11 is 0. The molecule has 30 heavy (non-hydrogen) atoms. The predicted octanol–water partition coefficient (Wildman–Crippen LogP) is 5.06. The predicted molar refractivity (Wildman–Crippen MR) is 108 cm³/mol. The molecule has 0 saturated heterocycles. The second-order valence-corrected chi connectivity index (χ2v) is 6.46. The highest BCUT2D eigenvalue weighted by Gasteiger charge is 2.28. The Morgan fingerprint density at radius 3 is 2.60 bits per heavy atom. The Labute approximate surface area is 172 Å². The van der Waals surface area contributed by atoms with Crippen LogP contribution in [0.1, 0.15) is 33.2 Å². The Bertz CT molecular complexity index is 1150. The zero-order valence-corrected chi connectivity index (χ0v) is 16.1. The van der Waals surface area contributed by atoms with Crippen LogP contribution in [0, 0.1) is 5.82 Å². The number of fused-ring (bicyclic) bond motifs is 1. The van der Waals surface area contributed by atoms with E-state index in [0.29, 0.717) is 23.7 Å². The van der Waals surface area contributed by atoms with Crippen molar-refractivity contribution in [2.24, 2.45) is 0 Å². The molecule has 0 radical (unpaired) electrons. The van der Waals surface area contributed by atoms with Crippen LogP contribution >= 0.6 is 0 Å². The molecule has 0 unspecified atom stereocenters. The molecule has 1 heterocycles. The summed E-state index contributed by atoms with van der Waals surface area (Å²) in [6.07, 6.45) is 1.62. The Morgan fingerprint density at radius 2 is 1.83 bits per heavy atom. The zero-order chi connectivity index (χ0) is 21.1. The van der Waals surface area contributed by atoms with Crippen LogP contribution in [-0.4, -0.2) is 18.4 Å². The maximum Gasteiger partial charge on any atom is 0.343 e. The monoisotopic (exact) mass is 404 g/mol. The molecular formula is C24H17FO5. The summed E-state index contributed by atoms with van der Waals surface area (Å²) in [6, 6.07) is 16.9. The number of esters is 1. The zero-order valence-electron chi connectivity index (χ0n) is 16.1. The van der Waals surface area contributed by atoms with Gasteiger partial charge in [0.25, 0.3) is 0 Å². The van der Waals surface area contributed by atoms with Gasteiger partial charge in [0.1, 0.15) is 23.1 Å². The third-order valence-corrected chi connectivity index (χ3v) is 4.44. The molecule has 0 amide bonds. The third-order valence-electron chi connectivity index (χ3n) is 4.44. The molecule has 150 valence electrons. The van der Waals surface area contributed by atoms with Gasteiger partial charge in [0.05, 0.1) is 17.7 Å². The number of rotatable bonds is 5. The Balaban J connectivity index is 1.55. The minimum atomic E-state index is -0.638. The summed E-state index contributed by atoms with van der Waals surface area (Å²) in [4.78, 5) is 24.9. The van der Waals surface area contributed by atoms with Crippen LogP contribution < -0.4 is 14.2 Å². The van der Waals surface area contributed by atoms with Crippen LogP contribution in [0.3, 0.4) is 0 Å². The van der Waals surface area contributed by atoms with Crippen LogP contribution in [0.25, 0.3) is 6.08 Å². The Morgan fingerprint density at radius 1 is 1.07 bits per heavy atom. The first-order valence-electron chi connectivity index (χ1n) is 9.33. The molecular weight excluding hydrogens is 387 g/mol. The first-order chi connectivity index (χ1) is 14.5. The van der Waals surface area contributed by atoms with E-state index in [1.54, 1.807) is 12.1 Å². The molecule has 0 bridgehead atoms. The van der Waals surface area contributed by atoms with Gasteiger partial charge in [-0.1, -0.05) is 18.2 Å². The number of hydrogen-bond acceptors (Lipinski definition) is 5. The molecule has 1 aliphatic rings. The van der Waals surface area contributed by atoms with E-state index in [4.69, 9.17) is 14.2 Å². The topological polar surface area (TPSA) is 61.8 Å². The Kier molecular flexibility index (Phi) is 5.30. The van der Waals surface area contributed by atoms with Gasteiger partial charge in [0.15, 0.2) is 5.76 Å². The molecule has 3 aromatic rings. The van der Waals surface area contributed by atoms with Crippen molar-refractivity contribution in [2.75, 3.05) is 6.61 Å². The van der Waals surface area contributed by atoms with Crippen molar-refractivity contribution >= 4 is 17.8 Å². The van der Waals surface area contributed by atoms with Crippen molar-refractivity contribution < 1.29 is 28.2 Å². The highest BCUT2D eigenvalue weighted by Crippen LogP contribution is 2.36. The molecule has 0 aromatic heterocycles. The lowest BCUT2D eigenvalue weighted by atomic mass is 10.1. The van der Waals surface area contributed by atoms with E-state index in [9.17, 15) is 14.0 Å². The normalized spacial score (nSPS) is 13.7. The van der Waals surface area contributed by atoms with E-state index in [0.717, 1.165) is 5.56 Å². The number of benzene rings is 3. The van der Waals surface area contributed by atoms with Gasteiger partial charge >= 0.3 is 5.97 Å². The van der Waals surface area contributed by atoms with Crippen LogP contribution in [-0.2, 0) is 0 Å². The van der Waals surface area contributed by atoms with Crippen molar-refractivity contribution in [3.8, 4) is 17.2 Å². The lowest BCUT2D eigenvalue weighted by molar-refractivity contribution is 0.0734. The molecule has 0 aliphatic carbocycles. The summed E-state index contributed by atoms with van der Waals surface area (Å²) in [5.41, 5.74) is 1.30. The number of halogens is 1. The average Bonchev–Trinajstić information content (AvgIpc) is 3.05. The summed E-state index contributed by atoms with van der Waals surface area (Å²) in [5, 5.41) is 0. The van der Waals surface area contributed by atoms with Gasteiger partial charge in [-0.2, -0.15) is 0 Å². The molecule has 6 heteroatoms. The first-order valence-corrected chi connectivity index (χ1v) is 9.33. The quantitative estimate of drug-likeness (QED) is 0.338. The maximum atomic E-state index is 13.0. The van der Waals surface area contributed by atoms with Crippen LogP contribution in [0.15, 0.2) is 72.5 Å². The number of allylic oxidation sites excluding steroid dienone is 1. The summed E-state index contributed by atoms with van der Waals surface area (Å²) in [5.74, 6) is -0.0426. The van der Waals surface area contributed by atoms with Crippen LogP contribution in [0.5, 0.6) is 17.2 Å². The largest absolute Gasteiger partial charge is 0.493 e. The average molecular weight is 404 g/mol. The minimum Gasteiger partial charge on any atom is -0.493 e. The second-order valence-electron chi connectivity index (χ2n) is 6.46. The molecule has 1 aliphatic heterocycles. The number of ether oxygens (including phenoxy) is 3. The summed E-state index contributed by atoms with van der Waals surface area (Å²) < 4.78 is 29.6. The molecule has 0 spiro atoms. The number of ketones is 1. The molecule has 0 N–H and O–H groups in total. The lowest BCUT2D eigenvalue weighted by Gasteiger charge is -2.07. The number of carbonyl (C=O) groups excluding carboxylic acids is 2. The van der Waals surface area contributed by atoms with Crippen molar-refractivity contribution in [1.29, 1.82) is 0 Å². The SMILES string of the molecule is CCOc1ccccc1C=C1Oc2cc(OC(=O)c3ccc(F)cc3)ccc2C1=O. The molecule has 5 nitrogen and oxygen atoms in total. The number of hydrogen-bond donors (Lipinski definition) is 0. The van der Waals surface area contributed by atoms with Crippen molar-refractivity contribution in [3.63, 3.8) is 0 Å². The van der Waals surface area contributed by atoms with E-state index in [1.807, 2.05) is 31.2 Å². The second kappa shape index (κ2) is 8.21. The standard InChI is InChI=1S/C24H17FO5/c1-2-28-20-6-4-3-5-16(20)13-22-23(26)19-12-11-18(14-21(19)30-22)29-24(27)15-7-9-17(25)10-8-15/h3-14H,2H2,1H3. The highest BCUT2D eigenvalue weighted by atomic mass is 19.1. The number of para-hydroxylation sites is 1. The Hall–Kier alpha value is -3.93. The minimum absolute atomic E-state index is 0.152. The van der Waals surface area contributed by atoms with E-state index in [-0.39, 0.29) is 22.9 Å². The molecule has 4 rings (SSSR count). The van der Waals surface area contributed by atoms with Crippen molar-refractivity contribution in [1.82, 2.24) is 0 Å². The fourth-order valence-corrected chi connectivity index (χ4v) is 3.01. The molecule has 0 fully saturated rings. The highest BCUT2D eigenvalue weighted by molar-refractivity contribution is 6.14. The summed E-state index contributed by atoms with van der Waals surface area (Å²) in [7, 11) is 0. The van der Waals surface area contributed by atoms with Gasteiger partial charge in [0, 0.05) is 11.6 Å². The van der Waals surface area contributed by atoms with E-state index in [1.165, 1.54) is 36.4 Å². The fourth-order valence-electron chi connectivity index (χ4n) is 3.01. The molecule has 0 saturated carbocycles. The van der Waals surface area contributed by atoms with E-state index in [2.05, 4.69) is 0 Å². The first kappa shape index (κ1) is 19.4. The van der Waals surface area contributed by atoms with Crippen LogP contribution in [0.2, 0.25) is 0 Å². The van der Waals surface area contributed by atoms with Crippen LogP contribution in [0.4, 0.5) is 4.39 Å². The van der Waals surface area contributed by atoms with Gasteiger partial charge in [-0.25, -0.2) is 9.18 Å². The van der Waals surface area contributed by atoms with E-state index < -0.39 is 11.8 Å². The third kappa shape index (κ3) is 3.93. The van der Waals surface area contributed by atoms with E-state index >= 15 is 0 Å². The number of carbonyl (C=O) groups is 2. The van der Waals surface area contributed by atoms with Crippen molar-refractivity contribution in [3.05, 3.63) is 95.0 Å². The lowest BCUT2D eigenvalue weighted by Crippen LogP contribution is -2.08.